The van der Waals surface area contributed by atoms with Crippen LogP contribution >= 0.6 is 7.82 Å². The van der Waals surface area contributed by atoms with E-state index in [1.807, 2.05) is 0 Å². The van der Waals surface area contributed by atoms with Crippen molar-refractivity contribution in [1.82, 2.24) is 0 Å². The quantitative estimate of drug-likeness (QED) is 0.0233. The molecule has 0 aliphatic carbocycles. The van der Waals surface area contributed by atoms with Crippen LogP contribution in [-0.2, 0) is 37.5 Å². The molecule has 0 rings (SSSR count). The van der Waals surface area contributed by atoms with Crippen LogP contribution in [0.25, 0.3) is 0 Å². The Morgan fingerprint density at radius 2 is 1.00 bits per heavy atom. The number of carbonyl (C=O) groups excluding carboxylic acids is 2. The smallest absolute Gasteiger partial charge is 0.472 e. The van der Waals surface area contributed by atoms with Crippen LogP contribution in [0.5, 0.6) is 0 Å². The summed E-state index contributed by atoms with van der Waals surface area (Å²) in [6.07, 6.45) is 38.1. The molecule has 0 aliphatic heterocycles. The number of esters is 2. The molecule has 0 heterocycles. The predicted molar refractivity (Wildman–Crippen MR) is 217 cm³/mol. The van der Waals surface area contributed by atoms with E-state index in [1.165, 1.54) is 89.9 Å². The van der Waals surface area contributed by atoms with Crippen LogP contribution < -0.4 is 5.73 Å². The Hall–Kier alpha value is -2.04. The second kappa shape index (κ2) is 37.9. The van der Waals surface area contributed by atoms with Gasteiger partial charge < -0.3 is 25.2 Å². The molecule has 0 amide bonds. The number of hydrogen-bond acceptors (Lipinski definition) is 9. The van der Waals surface area contributed by atoms with E-state index in [0.717, 1.165) is 64.2 Å². The van der Waals surface area contributed by atoms with Gasteiger partial charge in [0.1, 0.15) is 12.6 Å². The van der Waals surface area contributed by atoms with Crippen LogP contribution in [0.15, 0.2) is 24.3 Å². The molecule has 0 aromatic rings. The van der Waals surface area contributed by atoms with Gasteiger partial charge in [-0.2, -0.15) is 0 Å². The Balaban J connectivity index is 4.37. The van der Waals surface area contributed by atoms with E-state index < -0.39 is 51.1 Å². The minimum Gasteiger partial charge on any atom is -0.480 e. The molecule has 54 heavy (non-hydrogen) atoms. The average Bonchev–Trinajstić information content (AvgIpc) is 3.14. The second-order valence-corrected chi connectivity index (χ2v) is 15.9. The van der Waals surface area contributed by atoms with E-state index >= 15 is 0 Å². The fourth-order valence-electron chi connectivity index (χ4n) is 5.79. The Bertz CT molecular complexity index is 1020. The monoisotopic (exact) mass is 788 g/mol. The number of carboxylic acid groups (broad SMARTS) is 1. The number of unbranched alkanes of at least 4 members (excludes halogenated alkanes) is 22. The standard InChI is InChI=1S/C42H78NO10P/c1-3-5-7-9-11-13-15-17-19-20-22-24-26-28-30-32-34-41(45)53-38(36-51-54(48,49)52-37-39(43)42(46)47)35-50-40(44)33-31-29-27-25-23-21-18-16-14-12-10-8-6-4-2/h10,12,16,18,38-39H,3-9,11,13-15,17,19-37,43H2,1-2H3,(H,46,47)(H,48,49)/b12-10-,18-16-/t38-,39+/m1/s1. The zero-order valence-corrected chi connectivity index (χ0v) is 35.0. The first-order chi connectivity index (χ1) is 26.1. The van der Waals surface area contributed by atoms with Gasteiger partial charge >= 0.3 is 25.7 Å². The summed E-state index contributed by atoms with van der Waals surface area (Å²) in [7, 11) is -4.71. The minimum atomic E-state index is -4.71. The highest BCUT2D eigenvalue weighted by Crippen LogP contribution is 2.43. The minimum absolute atomic E-state index is 0.162. The number of aliphatic carboxylic acids is 1. The number of nitrogens with two attached hydrogens (primary N) is 1. The molecular formula is C42H78NO10P. The van der Waals surface area contributed by atoms with Gasteiger partial charge in [0.2, 0.25) is 0 Å². The first-order valence-electron chi connectivity index (χ1n) is 21.4. The van der Waals surface area contributed by atoms with Crippen LogP contribution in [0, 0.1) is 0 Å². The summed E-state index contributed by atoms with van der Waals surface area (Å²) in [5.74, 6) is -2.39. The van der Waals surface area contributed by atoms with Crippen molar-refractivity contribution >= 4 is 25.7 Å². The largest absolute Gasteiger partial charge is 0.480 e. The number of phosphoric ester groups is 1. The summed E-state index contributed by atoms with van der Waals surface area (Å²) in [6.45, 7) is 2.76. The molecule has 0 saturated carbocycles. The second-order valence-electron chi connectivity index (χ2n) is 14.5. The maximum absolute atomic E-state index is 12.6. The first kappa shape index (κ1) is 52.0. The van der Waals surface area contributed by atoms with Gasteiger partial charge in [-0.05, 0) is 38.5 Å². The maximum atomic E-state index is 12.6. The van der Waals surface area contributed by atoms with Crippen molar-refractivity contribution in [2.24, 2.45) is 5.73 Å². The molecule has 316 valence electrons. The van der Waals surface area contributed by atoms with E-state index in [2.05, 4.69) is 42.7 Å². The van der Waals surface area contributed by atoms with Gasteiger partial charge in [0.05, 0.1) is 13.2 Å². The number of rotatable bonds is 40. The summed E-state index contributed by atoms with van der Waals surface area (Å²) in [5, 5.41) is 8.88. The lowest BCUT2D eigenvalue weighted by atomic mass is 10.0. The third-order valence-corrected chi connectivity index (χ3v) is 10.2. The zero-order chi connectivity index (χ0) is 40.0. The molecule has 0 radical (unpaired) electrons. The van der Waals surface area contributed by atoms with Crippen molar-refractivity contribution in [2.45, 2.75) is 206 Å². The number of phosphoric acid groups is 1. The molecule has 3 atom stereocenters. The number of carboxylic acids is 1. The van der Waals surface area contributed by atoms with E-state index in [-0.39, 0.29) is 19.4 Å². The molecule has 0 saturated heterocycles. The maximum Gasteiger partial charge on any atom is 0.472 e. The van der Waals surface area contributed by atoms with Gasteiger partial charge in [0.15, 0.2) is 6.10 Å². The van der Waals surface area contributed by atoms with E-state index in [9.17, 15) is 23.8 Å². The van der Waals surface area contributed by atoms with Crippen molar-refractivity contribution in [3.63, 3.8) is 0 Å². The summed E-state index contributed by atoms with van der Waals surface area (Å²) in [5.41, 5.74) is 5.33. The van der Waals surface area contributed by atoms with E-state index in [1.54, 1.807) is 0 Å². The lowest BCUT2D eigenvalue weighted by Crippen LogP contribution is -2.34. The van der Waals surface area contributed by atoms with Crippen LogP contribution in [0.1, 0.15) is 194 Å². The summed E-state index contributed by atoms with van der Waals surface area (Å²) < 4.78 is 32.7. The van der Waals surface area contributed by atoms with Crippen molar-refractivity contribution in [3.8, 4) is 0 Å². The van der Waals surface area contributed by atoms with Crippen molar-refractivity contribution < 1.29 is 47.5 Å². The lowest BCUT2D eigenvalue weighted by molar-refractivity contribution is -0.161. The van der Waals surface area contributed by atoms with Crippen molar-refractivity contribution in [2.75, 3.05) is 19.8 Å². The number of ether oxygens (including phenoxy) is 2. The lowest BCUT2D eigenvalue weighted by Gasteiger charge is -2.20. The Labute approximate surface area is 328 Å². The van der Waals surface area contributed by atoms with Gasteiger partial charge in [-0.3, -0.25) is 23.4 Å². The Kier molecular flexibility index (Phi) is 36.4. The highest BCUT2D eigenvalue weighted by Gasteiger charge is 2.28. The highest BCUT2D eigenvalue weighted by molar-refractivity contribution is 7.47. The van der Waals surface area contributed by atoms with Crippen molar-refractivity contribution in [1.29, 1.82) is 0 Å². The van der Waals surface area contributed by atoms with Crippen LogP contribution in [0.3, 0.4) is 0 Å². The summed E-state index contributed by atoms with van der Waals surface area (Å²) in [6, 6.07) is -1.52. The highest BCUT2D eigenvalue weighted by atomic mass is 31.2. The Morgan fingerprint density at radius 1 is 0.574 bits per heavy atom. The Morgan fingerprint density at radius 3 is 1.50 bits per heavy atom. The van der Waals surface area contributed by atoms with Gasteiger partial charge in [0.25, 0.3) is 0 Å². The molecule has 1 unspecified atom stereocenters. The molecule has 0 aromatic carbocycles. The average molecular weight is 788 g/mol. The van der Waals surface area contributed by atoms with E-state index in [4.69, 9.17) is 24.8 Å². The van der Waals surface area contributed by atoms with Crippen LogP contribution in [0.2, 0.25) is 0 Å². The molecular weight excluding hydrogens is 709 g/mol. The topological polar surface area (TPSA) is 172 Å². The summed E-state index contributed by atoms with van der Waals surface area (Å²) in [4.78, 5) is 45.9. The van der Waals surface area contributed by atoms with Gasteiger partial charge in [0, 0.05) is 12.8 Å². The molecule has 12 heteroatoms. The van der Waals surface area contributed by atoms with Crippen molar-refractivity contribution in [3.05, 3.63) is 24.3 Å². The zero-order valence-electron chi connectivity index (χ0n) is 34.1. The normalized spacial score (nSPS) is 14.0. The molecule has 0 aromatic heterocycles. The summed E-state index contributed by atoms with van der Waals surface area (Å²) >= 11 is 0. The molecule has 0 spiro atoms. The third-order valence-electron chi connectivity index (χ3n) is 9.20. The molecule has 4 N–H and O–H groups in total. The molecule has 11 nitrogen and oxygen atoms in total. The third kappa shape index (κ3) is 36.9. The predicted octanol–water partition coefficient (Wildman–Crippen LogP) is 11.1. The number of allylic oxidation sites excluding steroid dienone is 4. The number of carbonyl (C=O) groups is 3. The van der Waals surface area contributed by atoms with E-state index in [0.29, 0.717) is 12.8 Å². The fourth-order valence-corrected chi connectivity index (χ4v) is 6.57. The molecule has 0 aliphatic rings. The molecule has 0 bridgehead atoms. The van der Waals surface area contributed by atoms with Gasteiger partial charge in [-0.1, -0.05) is 167 Å². The first-order valence-corrected chi connectivity index (χ1v) is 22.9. The van der Waals surface area contributed by atoms with Crippen LogP contribution in [-0.4, -0.2) is 59.9 Å². The SMILES string of the molecule is CCCC/C=C\C/C=C\CCCCCCCC(=O)OC[C@H](COP(=O)(O)OC[C@H](N)C(=O)O)OC(=O)CCCCCCCCCCCCCCCCCC. The fraction of sp³-hybridized carbons (Fsp3) is 0.833. The van der Waals surface area contributed by atoms with Gasteiger partial charge in [-0.15, -0.1) is 0 Å². The molecule has 0 fully saturated rings. The van der Waals surface area contributed by atoms with Gasteiger partial charge in [-0.25, -0.2) is 4.57 Å². The van der Waals surface area contributed by atoms with Crippen LogP contribution in [0.4, 0.5) is 0 Å². The number of hydrogen-bond donors (Lipinski definition) is 3.